The SMILES string of the molecule is CCNC(=NCc1ccc(C(=O)N(C)C)cc1)NCc1ccccc1CN1CCCCC1C. The summed E-state index contributed by atoms with van der Waals surface area (Å²) in [4.78, 5) is 21.0. The standard InChI is InChI=1S/C27H39N5O/c1-5-28-27(29-18-22-13-15-23(16-14-22)26(33)31(3)4)30-19-24-11-6-7-12-25(24)20-32-17-9-8-10-21(32)2/h6-7,11-16,21H,5,8-10,17-20H2,1-4H3,(H2,28,29,30). The van der Waals surface area contributed by atoms with Crippen LogP contribution < -0.4 is 10.6 Å². The predicted octanol–water partition coefficient (Wildman–Crippen LogP) is 4.02. The first kappa shape index (κ1) is 24.8. The highest BCUT2D eigenvalue weighted by Gasteiger charge is 2.19. The number of aliphatic imine (C=N–C) groups is 1. The van der Waals surface area contributed by atoms with Crippen molar-refractivity contribution in [3.63, 3.8) is 0 Å². The first-order chi connectivity index (χ1) is 16.0. The number of carbonyl (C=O) groups excluding carboxylic acids is 1. The lowest BCUT2D eigenvalue weighted by Gasteiger charge is -2.33. The topological polar surface area (TPSA) is 60.0 Å². The average molecular weight is 450 g/mol. The second-order valence-electron chi connectivity index (χ2n) is 9.03. The van der Waals surface area contributed by atoms with Crippen LogP contribution in [0.4, 0.5) is 0 Å². The molecular formula is C27H39N5O. The summed E-state index contributed by atoms with van der Waals surface area (Å²) in [6.45, 7) is 8.70. The first-order valence-corrected chi connectivity index (χ1v) is 12.1. The molecule has 6 heteroatoms. The average Bonchev–Trinajstić information content (AvgIpc) is 2.83. The molecule has 3 rings (SSSR count). The van der Waals surface area contributed by atoms with Gasteiger partial charge in [-0.1, -0.05) is 42.8 Å². The van der Waals surface area contributed by atoms with Gasteiger partial charge < -0.3 is 15.5 Å². The summed E-state index contributed by atoms with van der Waals surface area (Å²) < 4.78 is 0. The molecule has 1 aliphatic rings. The van der Waals surface area contributed by atoms with E-state index < -0.39 is 0 Å². The Morgan fingerprint density at radius 2 is 1.79 bits per heavy atom. The zero-order valence-corrected chi connectivity index (χ0v) is 20.6. The molecule has 1 fully saturated rings. The van der Waals surface area contributed by atoms with E-state index in [-0.39, 0.29) is 5.91 Å². The summed E-state index contributed by atoms with van der Waals surface area (Å²) in [6.07, 6.45) is 3.94. The molecule has 1 atom stereocenters. The third-order valence-corrected chi connectivity index (χ3v) is 6.25. The Hall–Kier alpha value is -2.86. The maximum Gasteiger partial charge on any atom is 0.253 e. The van der Waals surface area contributed by atoms with Crippen LogP contribution in [0, 0.1) is 0 Å². The number of guanidine groups is 1. The van der Waals surface area contributed by atoms with Crippen molar-refractivity contribution in [1.29, 1.82) is 0 Å². The fraction of sp³-hybridized carbons (Fsp3) is 0.481. The molecule has 1 heterocycles. The molecule has 6 nitrogen and oxygen atoms in total. The maximum atomic E-state index is 12.1. The number of benzene rings is 2. The van der Waals surface area contributed by atoms with Gasteiger partial charge in [-0.2, -0.15) is 0 Å². The number of likely N-dealkylation sites (tertiary alicyclic amines) is 1. The van der Waals surface area contributed by atoms with Crippen LogP contribution in [-0.2, 0) is 19.6 Å². The minimum absolute atomic E-state index is 0.0117. The molecule has 1 amide bonds. The number of carbonyl (C=O) groups is 1. The number of nitrogens with one attached hydrogen (secondary N) is 2. The van der Waals surface area contributed by atoms with Crippen molar-refractivity contribution in [2.24, 2.45) is 4.99 Å². The zero-order valence-electron chi connectivity index (χ0n) is 20.6. The number of amides is 1. The van der Waals surface area contributed by atoms with E-state index in [4.69, 9.17) is 4.99 Å². The molecule has 178 valence electrons. The number of hydrogen-bond acceptors (Lipinski definition) is 3. The Bertz CT molecular complexity index is 922. The van der Waals surface area contributed by atoms with E-state index in [1.807, 2.05) is 24.3 Å². The Morgan fingerprint density at radius 1 is 1.06 bits per heavy atom. The van der Waals surface area contributed by atoms with Crippen LogP contribution in [0.5, 0.6) is 0 Å². The molecule has 2 aromatic rings. The van der Waals surface area contributed by atoms with Crippen molar-refractivity contribution in [2.75, 3.05) is 27.2 Å². The first-order valence-electron chi connectivity index (χ1n) is 12.1. The van der Waals surface area contributed by atoms with Gasteiger partial charge in [-0.25, -0.2) is 4.99 Å². The quantitative estimate of drug-likeness (QED) is 0.472. The Balaban J connectivity index is 1.62. The van der Waals surface area contributed by atoms with Gasteiger partial charge in [0, 0.05) is 45.3 Å². The van der Waals surface area contributed by atoms with E-state index in [1.54, 1.807) is 19.0 Å². The minimum Gasteiger partial charge on any atom is -0.357 e. The van der Waals surface area contributed by atoms with Crippen molar-refractivity contribution in [3.8, 4) is 0 Å². The highest BCUT2D eigenvalue weighted by molar-refractivity contribution is 5.93. The van der Waals surface area contributed by atoms with Crippen LogP contribution in [0.15, 0.2) is 53.5 Å². The fourth-order valence-corrected chi connectivity index (χ4v) is 4.20. The third kappa shape index (κ3) is 7.32. The summed E-state index contributed by atoms with van der Waals surface area (Å²) in [7, 11) is 3.53. The highest BCUT2D eigenvalue weighted by Crippen LogP contribution is 2.20. The van der Waals surface area contributed by atoms with Crippen LogP contribution in [0.25, 0.3) is 0 Å². The van der Waals surface area contributed by atoms with Gasteiger partial charge in [0.2, 0.25) is 0 Å². The fourth-order valence-electron chi connectivity index (χ4n) is 4.20. The summed E-state index contributed by atoms with van der Waals surface area (Å²) in [5.74, 6) is 0.810. The molecule has 0 spiro atoms. The minimum atomic E-state index is 0.0117. The molecule has 2 aromatic carbocycles. The van der Waals surface area contributed by atoms with Gasteiger partial charge in [0.15, 0.2) is 5.96 Å². The van der Waals surface area contributed by atoms with E-state index in [0.717, 1.165) is 31.2 Å². The summed E-state index contributed by atoms with van der Waals surface area (Å²) in [5.41, 5.74) is 4.46. The van der Waals surface area contributed by atoms with E-state index in [0.29, 0.717) is 18.2 Å². The lowest BCUT2D eigenvalue weighted by molar-refractivity contribution is 0.0827. The van der Waals surface area contributed by atoms with E-state index in [1.165, 1.54) is 36.9 Å². The second-order valence-corrected chi connectivity index (χ2v) is 9.03. The van der Waals surface area contributed by atoms with Crippen molar-refractivity contribution in [1.82, 2.24) is 20.4 Å². The Labute approximate surface area is 199 Å². The van der Waals surface area contributed by atoms with Gasteiger partial charge in [0.1, 0.15) is 0 Å². The lowest BCUT2D eigenvalue weighted by Crippen LogP contribution is -2.38. The van der Waals surface area contributed by atoms with Gasteiger partial charge in [-0.3, -0.25) is 9.69 Å². The molecule has 0 radical (unpaired) electrons. The van der Waals surface area contributed by atoms with Gasteiger partial charge >= 0.3 is 0 Å². The lowest BCUT2D eigenvalue weighted by atomic mass is 10.0. The maximum absolute atomic E-state index is 12.1. The number of hydrogen-bond donors (Lipinski definition) is 2. The molecule has 0 aliphatic carbocycles. The van der Waals surface area contributed by atoms with Gasteiger partial charge in [-0.05, 0) is 62.1 Å². The molecule has 0 bridgehead atoms. The summed E-state index contributed by atoms with van der Waals surface area (Å²) >= 11 is 0. The molecular weight excluding hydrogens is 410 g/mol. The van der Waals surface area contributed by atoms with Crippen molar-refractivity contribution in [3.05, 3.63) is 70.8 Å². The van der Waals surface area contributed by atoms with E-state index in [9.17, 15) is 4.79 Å². The predicted molar refractivity (Wildman–Crippen MR) is 136 cm³/mol. The molecule has 1 aliphatic heterocycles. The molecule has 0 aromatic heterocycles. The highest BCUT2D eigenvalue weighted by atomic mass is 16.2. The number of rotatable bonds is 8. The number of piperidine rings is 1. The molecule has 1 unspecified atom stereocenters. The van der Waals surface area contributed by atoms with Gasteiger partial charge in [-0.15, -0.1) is 0 Å². The summed E-state index contributed by atoms with van der Waals surface area (Å²) in [6, 6.07) is 17.0. The van der Waals surface area contributed by atoms with Crippen molar-refractivity contribution < 1.29 is 4.79 Å². The van der Waals surface area contributed by atoms with Crippen molar-refractivity contribution >= 4 is 11.9 Å². The van der Waals surface area contributed by atoms with Crippen LogP contribution in [0.3, 0.4) is 0 Å². The normalized spacial score (nSPS) is 17.0. The zero-order chi connectivity index (χ0) is 23.6. The smallest absolute Gasteiger partial charge is 0.253 e. The monoisotopic (exact) mass is 449 g/mol. The van der Waals surface area contributed by atoms with E-state index >= 15 is 0 Å². The van der Waals surface area contributed by atoms with Crippen molar-refractivity contribution in [2.45, 2.75) is 58.8 Å². The van der Waals surface area contributed by atoms with Gasteiger partial charge in [0.05, 0.1) is 6.54 Å². The van der Waals surface area contributed by atoms with Crippen LogP contribution in [0.1, 0.15) is 60.2 Å². The summed E-state index contributed by atoms with van der Waals surface area (Å²) in [5, 5.41) is 6.84. The van der Waals surface area contributed by atoms with Crippen LogP contribution >= 0.6 is 0 Å². The molecule has 0 saturated carbocycles. The van der Waals surface area contributed by atoms with Crippen LogP contribution in [0.2, 0.25) is 0 Å². The second kappa shape index (κ2) is 12.4. The molecule has 2 N–H and O–H groups in total. The van der Waals surface area contributed by atoms with Gasteiger partial charge in [0.25, 0.3) is 5.91 Å². The molecule has 1 saturated heterocycles. The van der Waals surface area contributed by atoms with Crippen LogP contribution in [-0.4, -0.2) is 54.9 Å². The Morgan fingerprint density at radius 3 is 2.45 bits per heavy atom. The Kier molecular flexibility index (Phi) is 9.31. The van der Waals surface area contributed by atoms with E-state index in [2.05, 4.69) is 53.6 Å². The molecule has 33 heavy (non-hydrogen) atoms. The third-order valence-electron chi connectivity index (χ3n) is 6.25. The largest absolute Gasteiger partial charge is 0.357 e. The number of nitrogens with zero attached hydrogens (tertiary/aromatic N) is 3.